The van der Waals surface area contributed by atoms with Crippen molar-refractivity contribution < 1.29 is 13.2 Å². The molecule has 0 bridgehead atoms. The predicted octanol–water partition coefficient (Wildman–Crippen LogP) is 2.94. The maximum absolute atomic E-state index is 12.4. The molecular weight excluding hydrogens is 191 g/mol. The summed E-state index contributed by atoms with van der Waals surface area (Å²) in [5, 5.41) is 2.64. The molecule has 0 unspecified atom stereocenters. The highest BCUT2D eigenvalue weighted by atomic mass is 19.4. The lowest BCUT2D eigenvalue weighted by Gasteiger charge is -2.12. The summed E-state index contributed by atoms with van der Waals surface area (Å²) >= 11 is 0. The van der Waals surface area contributed by atoms with Crippen molar-refractivity contribution in [2.75, 3.05) is 0 Å². The highest BCUT2D eigenvalue weighted by molar-refractivity contribution is 5.29. The molecule has 1 rings (SSSR count). The summed E-state index contributed by atoms with van der Waals surface area (Å²) in [5.74, 6) is 0. The minimum absolute atomic E-state index is 0.138. The Morgan fingerprint density at radius 2 is 1.93 bits per heavy atom. The number of hydrogen-bond acceptors (Lipinski definition) is 1. The third kappa shape index (κ3) is 2.52. The van der Waals surface area contributed by atoms with Crippen molar-refractivity contribution in [3.63, 3.8) is 0 Å². The molecular formula is C10H10F3N. The maximum atomic E-state index is 12.4. The lowest BCUT2D eigenvalue weighted by atomic mass is 10.1. The maximum Gasteiger partial charge on any atom is 0.416 e. The van der Waals surface area contributed by atoms with Gasteiger partial charge in [0.2, 0.25) is 0 Å². The fraction of sp³-hybridized carbons (Fsp3) is 0.200. The van der Waals surface area contributed by atoms with E-state index in [0.717, 1.165) is 6.07 Å². The largest absolute Gasteiger partial charge is 0.416 e. The Morgan fingerprint density at radius 1 is 1.29 bits per heavy atom. The molecule has 0 atom stereocenters. The van der Waals surface area contributed by atoms with E-state index >= 15 is 0 Å². The number of rotatable bonds is 3. The molecule has 0 amide bonds. The first-order valence-electron chi connectivity index (χ1n) is 4.05. The Morgan fingerprint density at radius 3 is 2.50 bits per heavy atom. The summed E-state index contributed by atoms with van der Waals surface area (Å²) in [6, 6.07) is 5.47. The minimum atomic E-state index is -4.29. The van der Waals surface area contributed by atoms with Crippen LogP contribution < -0.4 is 5.32 Å². The van der Waals surface area contributed by atoms with E-state index in [1.807, 2.05) is 0 Å². The zero-order chi connectivity index (χ0) is 10.6. The van der Waals surface area contributed by atoms with E-state index in [1.165, 1.54) is 18.3 Å². The van der Waals surface area contributed by atoms with E-state index in [0.29, 0.717) is 0 Å². The van der Waals surface area contributed by atoms with Crippen LogP contribution in [-0.4, -0.2) is 0 Å². The zero-order valence-corrected chi connectivity index (χ0v) is 7.43. The van der Waals surface area contributed by atoms with Crippen LogP contribution in [0, 0.1) is 0 Å². The lowest BCUT2D eigenvalue weighted by Crippen LogP contribution is -2.13. The lowest BCUT2D eigenvalue weighted by molar-refractivity contribution is -0.138. The molecule has 0 radical (unpaired) electrons. The van der Waals surface area contributed by atoms with Crippen LogP contribution in [0.1, 0.15) is 11.1 Å². The van der Waals surface area contributed by atoms with Crippen LogP contribution in [0.4, 0.5) is 13.2 Å². The summed E-state index contributed by atoms with van der Waals surface area (Å²) in [6.07, 6.45) is -2.92. The first-order valence-corrected chi connectivity index (χ1v) is 4.05. The molecule has 0 saturated heterocycles. The standard InChI is InChI=1S/C10H10F3N/c1-2-14-7-8-5-3-4-6-9(8)10(11,12)13/h2-6,14H,1,7H2. The normalized spacial score (nSPS) is 11.1. The van der Waals surface area contributed by atoms with Gasteiger partial charge in [-0.15, -0.1) is 0 Å². The highest BCUT2D eigenvalue weighted by Crippen LogP contribution is 2.31. The highest BCUT2D eigenvalue weighted by Gasteiger charge is 2.32. The van der Waals surface area contributed by atoms with E-state index in [4.69, 9.17) is 0 Å². The molecule has 1 nitrogen and oxygen atoms in total. The number of nitrogens with one attached hydrogen (secondary N) is 1. The monoisotopic (exact) mass is 201 g/mol. The molecule has 4 heteroatoms. The first kappa shape index (κ1) is 10.6. The molecule has 0 aliphatic heterocycles. The Hall–Kier alpha value is -1.45. The molecule has 1 aromatic rings. The summed E-state index contributed by atoms with van der Waals surface area (Å²) in [4.78, 5) is 0. The summed E-state index contributed by atoms with van der Waals surface area (Å²) in [6.45, 7) is 3.51. The van der Waals surface area contributed by atoms with Crippen molar-refractivity contribution >= 4 is 0 Å². The molecule has 0 fully saturated rings. The number of alkyl halides is 3. The van der Waals surface area contributed by atoms with E-state index in [-0.39, 0.29) is 12.1 Å². The first-order chi connectivity index (χ1) is 6.55. The van der Waals surface area contributed by atoms with Gasteiger partial charge in [-0.05, 0) is 17.8 Å². The van der Waals surface area contributed by atoms with Crippen LogP contribution in [-0.2, 0) is 12.7 Å². The van der Waals surface area contributed by atoms with Gasteiger partial charge in [0.05, 0.1) is 5.56 Å². The van der Waals surface area contributed by atoms with Gasteiger partial charge in [0.1, 0.15) is 0 Å². The van der Waals surface area contributed by atoms with E-state index < -0.39 is 11.7 Å². The summed E-state index contributed by atoms with van der Waals surface area (Å²) < 4.78 is 37.3. The molecule has 0 spiro atoms. The van der Waals surface area contributed by atoms with Crippen LogP contribution in [0.5, 0.6) is 0 Å². The van der Waals surface area contributed by atoms with Crippen molar-refractivity contribution in [1.29, 1.82) is 0 Å². The Kier molecular flexibility index (Phi) is 3.17. The topological polar surface area (TPSA) is 12.0 Å². The fourth-order valence-electron chi connectivity index (χ4n) is 1.13. The number of halogens is 3. The number of hydrogen-bond donors (Lipinski definition) is 1. The fourth-order valence-corrected chi connectivity index (χ4v) is 1.13. The second-order valence-electron chi connectivity index (χ2n) is 2.74. The van der Waals surface area contributed by atoms with Gasteiger partial charge in [0.25, 0.3) is 0 Å². The Labute approximate surface area is 80.2 Å². The molecule has 76 valence electrons. The van der Waals surface area contributed by atoms with Gasteiger partial charge in [0, 0.05) is 6.54 Å². The summed E-state index contributed by atoms with van der Waals surface area (Å²) in [7, 11) is 0. The van der Waals surface area contributed by atoms with Crippen molar-refractivity contribution in [3.8, 4) is 0 Å². The molecule has 0 heterocycles. The van der Waals surface area contributed by atoms with Gasteiger partial charge < -0.3 is 5.32 Å². The quantitative estimate of drug-likeness (QED) is 0.792. The SMILES string of the molecule is C=CNCc1ccccc1C(F)(F)F. The zero-order valence-electron chi connectivity index (χ0n) is 7.43. The van der Waals surface area contributed by atoms with Crippen molar-refractivity contribution in [2.45, 2.75) is 12.7 Å². The van der Waals surface area contributed by atoms with Crippen LogP contribution in [0.15, 0.2) is 37.0 Å². The third-order valence-corrected chi connectivity index (χ3v) is 1.76. The van der Waals surface area contributed by atoms with Crippen LogP contribution in [0.3, 0.4) is 0 Å². The smallest absolute Gasteiger partial charge is 0.387 e. The van der Waals surface area contributed by atoms with Crippen LogP contribution >= 0.6 is 0 Å². The van der Waals surface area contributed by atoms with Gasteiger partial charge in [-0.3, -0.25) is 0 Å². The van der Waals surface area contributed by atoms with Gasteiger partial charge in [0.15, 0.2) is 0 Å². The van der Waals surface area contributed by atoms with Gasteiger partial charge in [-0.1, -0.05) is 24.8 Å². The molecule has 0 aliphatic rings. The molecule has 0 saturated carbocycles. The van der Waals surface area contributed by atoms with E-state index in [2.05, 4.69) is 11.9 Å². The van der Waals surface area contributed by atoms with Gasteiger partial charge >= 0.3 is 6.18 Å². The van der Waals surface area contributed by atoms with Gasteiger partial charge in [-0.2, -0.15) is 13.2 Å². The van der Waals surface area contributed by atoms with Crippen molar-refractivity contribution in [2.24, 2.45) is 0 Å². The Balaban J connectivity index is 2.97. The minimum Gasteiger partial charge on any atom is -0.387 e. The van der Waals surface area contributed by atoms with Crippen LogP contribution in [0.2, 0.25) is 0 Å². The third-order valence-electron chi connectivity index (χ3n) is 1.76. The second kappa shape index (κ2) is 4.17. The van der Waals surface area contributed by atoms with E-state index in [1.54, 1.807) is 6.07 Å². The van der Waals surface area contributed by atoms with Crippen molar-refractivity contribution in [3.05, 3.63) is 48.2 Å². The number of benzene rings is 1. The predicted molar refractivity (Wildman–Crippen MR) is 48.5 cm³/mol. The molecule has 14 heavy (non-hydrogen) atoms. The molecule has 0 aromatic heterocycles. The summed E-state index contributed by atoms with van der Waals surface area (Å²) in [5.41, 5.74) is -0.380. The Bertz CT molecular complexity index is 317. The van der Waals surface area contributed by atoms with Crippen molar-refractivity contribution in [1.82, 2.24) is 5.32 Å². The second-order valence-corrected chi connectivity index (χ2v) is 2.74. The van der Waals surface area contributed by atoms with E-state index in [9.17, 15) is 13.2 Å². The molecule has 0 aliphatic carbocycles. The molecule has 1 N–H and O–H groups in total. The average Bonchev–Trinajstić information content (AvgIpc) is 2.14. The van der Waals surface area contributed by atoms with Gasteiger partial charge in [-0.25, -0.2) is 0 Å². The molecule has 1 aromatic carbocycles. The van der Waals surface area contributed by atoms with Crippen LogP contribution in [0.25, 0.3) is 0 Å². The average molecular weight is 201 g/mol.